The monoisotopic (exact) mass is 187 g/mol. The van der Waals surface area contributed by atoms with Gasteiger partial charge in [0.2, 0.25) is 0 Å². The standard InChI is InChI=1S/C9H17NO3/c1-8(12-7-5-11)2-3-9-10-4-6-13-9/h8,11H,2-7H2,1H3. The first-order valence-electron chi connectivity index (χ1n) is 4.71. The third-order valence-corrected chi connectivity index (χ3v) is 1.91. The maximum absolute atomic E-state index is 8.52. The van der Waals surface area contributed by atoms with Crippen molar-refractivity contribution in [1.29, 1.82) is 0 Å². The Bertz CT molecular complexity index is 170. The van der Waals surface area contributed by atoms with Gasteiger partial charge in [-0.15, -0.1) is 0 Å². The molecule has 0 bridgehead atoms. The van der Waals surface area contributed by atoms with Crippen LogP contribution in [-0.4, -0.2) is 43.5 Å². The second-order valence-electron chi connectivity index (χ2n) is 3.07. The molecule has 0 spiro atoms. The lowest BCUT2D eigenvalue weighted by molar-refractivity contribution is 0.0352. The van der Waals surface area contributed by atoms with Gasteiger partial charge in [-0.2, -0.15) is 0 Å². The molecule has 76 valence electrons. The van der Waals surface area contributed by atoms with E-state index in [0.717, 1.165) is 31.9 Å². The number of hydrogen-bond donors (Lipinski definition) is 1. The summed E-state index contributed by atoms with van der Waals surface area (Å²) in [5, 5.41) is 8.52. The minimum Gasteiger partial charge on any atom is -0.479 e. The first-order valence-corrected chi connectivity index (χ1v) is 4.71. The van der Waals surface area contributed by atoms with Crippen LogP contribution in [0.25, 0.3) is 0 Å². The van der Waals surface area contributed by atoms with Crippen LogP contribution in [0.3, 0.4) is 0 Å². The van der Waals surface area contributed by atoms with Crippen LogP contribution in [0.2, 0.25) is 0 Å². The lowest BCUT2D eigenvalue weighted by atomic mass is 10.2. The van der Waals surface area contributed by atoms with Gasteiger partial charge in [0.05, 0.1) is 25.9 Å². The molecule has 1 aliphatic heterocycles. The van der Waals surface area contributed by atoms with E-state index in [-0.39, 0.29) is 12.7 Å². The van der Waals surface area contributed by atoms with Gasteiger partial charge >= 0.3 is 0 Å². The molecule has 1 rings (SSSR count). The van der Waals surface area contributed by atoms with Gasteiger partial charge in [0.15, 0.2) is 5.90 Å². The van der Waals surface area contributed by atoms with E-state index in [0.29, 0.717) is 6.61 Å². The fourth-order valence-electron chi connectivity index (χ4n) is 1.19. The van der Waals surface area contributed by atoms with Crippen molar-refractivity contribution in [2.45, 2.75) is 25.9 Å². The zero-order valence-corrected chi connectivity index (χ0v) is 8.03. The molecule has 13 heavy (non-hydrogen) atoms. The van der Waals surface area contributed by atoms with Crippen LogP contribution in [0, 0.1) is 0 Å². The van der Waals surface area contributed by atoms with Crippen molar-refractivity contribution >= 4 is 5.90 Å². The number of nitrogens with zero attached hydrogens (tertiary/aromatic N) is 1. The van der Waals surface area contributed by atoms with Crippen LogP contribution in [0.5, 0.6) is 0 Å². The van der Waals surface area contributed by atoms with E-state index in [9.17, 15) is 0 Å². The normalized spacial score (nSPS) is 18.2. The highest BCUT2D eigenvalue weighted by Crippen LogP contribution is 2.06. The van der Waals surface area contributed by atoms with E-state index in [1.54, 1.807) is 0 Å². The fraction of sp³-hybridized carbons (Fsp3) is 0.889. The topological polar surface area (TPSA) is 51.0 Å². The summed E-state index contributed by atoms with van der Waals surface area (Å²) in [6, 6.07) is 0. The van der Waals surface area contributed by atoms with Gasteiger partial charge in [-0.25, -0.2) is 0 Å². The third kappa shape index (κ3) is 4.24. The summed E-state index contributed by atoms with van der Waals surface area (Å²) in [6.07, 6.45) is 1.91. The second kappa shape index (κ2) is 5.94. The molecule has 0 amide bonds. The Hall–Kier alpha value is -0.610. The number of aliphatic hydroxyl groups excluding tert-OH is 1. The van der Waals surface area contributed by atoms with Crippen LogP contribution in [0.4, 0.5) is 0 Å². The highest BCUT2D eigenvalue weighted by atomic mass is 16.5. The molecule has 1 unspecified atom stereocenters. The molecule has 1 atom stereocenters. The molecule has 0 aromatic rings. The van der Waals surface area contributed by atoms with Crippen LogP contribution in [-0.2, 0) is 9.47 Å². The van der Waals surface area contributed by atoms with Crippen molar-refractivity contribution < 1.29 is 14.6 Å². The molecule has 0 aliphatic carbocycles. The Morgan fingerprint density at radius 1 is 1.69 bits per heavy atom. The highest BCUT2D eigenvalue weighted by Gasteiger charge is 2.09. The molecule has 4 heteroatoms. The molecule has 1 aliphatic rings. The zero-order valence-electron chi connectivity index (χ0n) is 8.03. The number of aliphatic hydroxyl groups is 1. The first kappa shape index (κ1) is 10.5. The molecule has 0 radical (unpaired) electrons. The summed E-state index contributed by atoms with van der Waals surface area (Å²) in [5.41, 5.74) is 0. The van der Waals surface area contributed by atoms with Crippen LogP contribution < -0.4 is 0 Å². The molecule has 4 nitrogen and oxygen atoms in total. The SMILES string of the molecule is CC(CCC1=NCCO1)OCCO. The number of rotatable bonds is 6. The molecule has 0 saturated carbocycles. The molecular weight excluding hydrogens is 170 g/mol. The Labute approximate surface area is 78.6 Å². The Balaban J connectivity index is 2.03. The summed E-state index contributed by atoms with van der Waals surface area (Å²) in [6.45, 7) is 4.00. The molecule has 0 aromatic heterocycles. The fourth-order valence-corrected chi connectivity index (χ4v) is 1.19. The van der Waals surface area contributed by atoms with E-state index in [1.165, 1.54) is 0 Å². The lowest BCUT2D eigenvalue weighted by Gasteiger charge is -2.11. The van der Waals surface area contributed by atoms with Crippen LogP contribution >= 0.6 is 0 Å². The predicted octanol–water partition coefficient (Wildman–Crippen LogP) is 0.593. The van der Waals surface area contributed by atoms with Crippen molar-refractivity contribution in [2.24, 2.45) is 4.99 Å². The maximum Gasteiger partial charge on any atom is 0.183 e. The Morgan fingerprint density at radius 3 is 3.15 bits per heavy atom. The van der Waals surface area contributed by atoms with Crippen LogP contribution in [0.15, 0.2) is 4.99 Å². The summed E-state index contributed by atoms with van der Waals surface area (Å²) in [4.78, 5) is 4.18. The lowest BCUT2D eigenvalue weighted by Crippen LogP contribution is -2.13. The number of ether oxygens (including phenoxy) is 2. The number of aliphatic imine (C=N–C) groups is 1. The van der Waals surface area contributed by atoms with Gasteiger partial charge in [-0.05, 0) is 13.3 Å². The van der Waals surface area contributed by atoms with Crippen molar-refractivity contribution in [1.82, 2.24) is 0 Å². The maximum atomic E-state index is 8.52. The largest absolute Gasteiger partial charge is 0.479 e. The average Bonchev–Trinajstić information content (AvgIpc) is 2.64. The Morgan fingerprint density at radius 2 is 2.54 bits per heavy atom. The predicted molar refractivity (Wildman–Crippen MR) is 50.0 cm³/mol. The van der Waals surface area contributed by atoms with Crippen molar-refractivity contribution in [3.63, 3.8) is 0 Å². The summed E-state index contributed by atoms with van der Waals surface area (Å²) >= 11 is 0. The third-order valence-electron chi connectivity index (χ3n) is 1.91. The van der Waals surface area contributed by atoms with E-state index in [4.69, 9.17) is 14.6 Å². The Kier molecular flexibility index (Phi) is 4.78. The summed E-state index contributed by atoms with van der Waals surface area (Å²) in [5.74, 6) is 0.847. The molecule has 0 saturated heterocycles. The molecule has 1 N–H and O–H groups in total. The number of hydrogen-bond acceptors (Lipinski definition) is 4. The molecule has 0 fully saturated rings. The van der Waals surface area contributed by atoms with E-state index in [2.05, 4.69) is 4.99 Å². The highest BCUT2D eigenvalue weighted by molar-refractivity contribution is 5.77. The smallest absolute Gasteiger partial charge is 0.183 e. The van der Waals surface area contributed by atoms with Gasteiger partial charge in [0.1, 0.15) is 6.61 Å². The van der Waals surface area contributed by atoms with Gasteiger partial charge in [-0.1, -0.05) is 0 Å². The average molecular weight is 187 g/mol. The van der Waals surface area contributed by atoms with Gasteiger partial charge in [0.25, 0.3) is 0 Å². The summed E-state index contributed by atoms with van der Waals surface area (Å²) < 4.78 is 10.5. The second-order valence-corrected chi connectivity index (χ2v) is 3.07. The van der Waals surface area contributed by atoms with Crippen LogP contribution in [0.1, 0.15) is 19.8 Å². The van der Waals surface area contributed by atoms with Gasteiger partial charge in [0, 0.05) is 6.42 Å². The molecule has 1 heterocycles. The molecular formula is C9H17NO3. The summed E-state index contributed by atoms with van der Waals surface area (Å²) in [7, 11) is 0. The minimum atomic E-state index is 0.0851. The molecule has 0 aromatic carbocycles. The van der Waals surface area contributed by atoms with Crippen molar-refractivity contribution in [2.75, 3.05) is 26.4 Å². The van der Waals surface area contributed by atoms with Gasteiger partial charge < -0.3 is 14.6 Å². The minimum absolute atomic E-state index is 0.0851. The van der Waals surface area contributed by atoms with Crippen molar-refractivity contribution in [3.8, 4) is 0 Å². The van der Waals surface area contributed by atoms with E-state index >= 15 is 0 Å². The van der Waals surface area contributed by atoms with Crippen molar-refractivity contribution in [3.05, 3.63) is 0 Å². The first-order chi connectivity index (χ1) is 6.33. The van der Waals surface area contributed by atoms with E-state index < -0.39 is 0 Å². The quantitative estimate of drug-likeness (QED) is 0.662. The van der Waals surface area contributed by atoms with Gasteiger partial charge in [-0.3, -0.25) is 4.99 Å². The zero-order chi connectivity index (χ0) is 9.52. The van der Waals surface area contributed by atoms with E-state index in [1.807, 2.05) is 6.92 Å².